The quantitative estimate of drug-likeness (QED) is 0.304. The Morgan fingerprint density at radius 1 is 1.18 bits per heavy atom. The summed E-state index contributed by atoms with van der Waals surface area (Å²) in [5.41, 5.74) is 15.3. The topological polar surface area (TPSA) is 153 Å². The molecule has 0 fully saturated rings. The van der Waals surface area contributed by atoms with Crippen LogP contribution in [0.2, 0.25) is 0 Å². The first-order valence-corrected chi connectivity index (χ1v) is 5.26. The molecular formula is C9H19N5O3. The van der Waals surface area contributed by atoms with Crippen molar-refractivity contribution < 1.29 is 14.4 Å². The molecule has 8 heteroatoms. The average molecular weight is 245 g/mol. The normalized spacial score (nSPS) is 11.6. The van der Waals surface area contributed by atoms with Gasteiger partial charge in [-0.1, -0.05) is 0 Å². The summed E-state index contributed by atoms with van der Waals surface area (Å²) in [6, 6.07) is -0.742. The second kappa shape index (κ2) is 8.48. The van der Waals surface area contributed by atoms with Gasteiger partial charge in [0, 0.05) is 0 Å². The third-order valence-corrected chi connectivity index (χ3v) is 1.97. The zero-order chi connectivity index (χ0) is 13.3. The number of hydrogen-bond donors (Lipinski definition) is 5. The summed E-state index contributed by atoms with van der Waals surface area (Å²) in [5, 5.41) is 4.75. The zero-order valence-corrected chi connectivity index (χ0v) is 9.57. The van der Waals surface area contributed by atoms with Crippen LogP contribution >= 0.6 is 0 Å². The van der Waals surface area contributed by atoms with Gasteiger partial charge in [-0.05, 0) is 19.4 Å². The Balaban J connectivity index is 4.28. The SMILES string of the molecule is NCCC[C@H](NC(=O)CN)C(=O)NCC(N)=O. The van der Waals surface area contributed by atoms with E-state index in [2.05, 4.69) is 10.6 Å². The number of nitrogens with one attached hydrogen (secondary N) is 2. The molecule has 0 bridgehead atoms. The monoisotopic (exact) mass is 245 g/mol. The highest BCUT2D eigenvalue weighted by Crippen LogP contribution is 1.96. The Hall–Kier alpha value is -1.67. The molecule has 0 aliphatic carbocycles. The lowest BCUT2D eigenvalue weighted by atomic mass is 10.1. The number of carbonyl (C=O) groups is 3. The summed E-state index contributed by atoms with van der Waals surface area (Å²) in [6.07, 6.45) is 0.951. The smallest absolute Gasteiger partial charge is 0.243 e. The summed E-state index contributed by atoms with van der Waals surface area (Å²) < 4.78 is 0. The minimum atomic E-state index is -0.742. The second-order valence-electron chi connectivity index (χ2n) is 3.44. The van der Waals surface area contributed by atoms with E-state index in [1.54, 1.807) is 0 Å². The van der Waals surface area contributed by atoms with E-state index in [1.165, 1.54) is 0 Å². The number of hydrogen-bond acceptors (Lipinski definition) is 5. The molecule has 98 valence electrons. The Morgan fingerprint density at radius 2 is 1.82 bits per heavy atom. The largest absolute Gasteiger partial charge is 0.368 e. The number of carbonyl (C=O) groups excluding carboxylic acids is 3. The molecular weight excluding hydrogens is 226 g/mol. The summed E-state index contributed by atoms with van der Waals surface area (Å²) in [7, 11) is 0. The first-order chi connectivity index (χ1) is 8.01. The number of amides is 3. The van der Waals surface area contributed by atoms with Crippen molar-refractivity contribution >= 4 is 17.7 Å². The van der Waals surface area contributed by atoms with Gasteiger partial charge >= 0.3 is 0 Å². The van der Waals surface area contributed by atoms with E-state index in [0.717, 1.165) is 0 Å². The predicted octanol–water partition coefficient (Wildman–Crippen LogP) is -3.23. The van der Waals surface area contributed by atoms with Crippen molar-refractivity contribution in [2.24, 2.45) is 17.2 Å². The minimum Gasteiger partial charge on any atom is -0.368 e. The number of primary amides is 1. The van der Waals surface area contributed by atoms with Gasteiger partial charge < -0.3 is 27.8 Å². The third-order valence-electron chi connectivity index (χ3n) is 1.97. The minimum absolute atomic E-state index is 0.206. The lowest BCUT2D eigenvalue weighted by molar-refractivity contribution is -0.129. The number of nitrogens with two attached hydrogens (primary N) is 3. The first kappa shape index (κ1) is 15.3. The van der Waals surface area contributed by atoms with Crippen LogP contribution in [-0.4, -0.2) is 43.4 Å². The van der Waals surface area contributed by atoms with Crippen LogP contribution < -0.4 is 27.8 Å². The predicted molar refractivity (Wildman–Crippen MR) is 61.5 cm³/mol. The van der Waals surface area contributed by atoms with E-state index in [4.69, 9.17) is 17.2 Å². The maximum absolute atomic E-state index is 11.6. The average Bonchev–Trinajstić information content (AvgIpc) is 2.30. The van der Waals surface area contributed by atoms with Crippen molar-refractivity contribution in [2.45, 2.75) is 18.9 Å². The summed E-state index contributed by atoms with van der Waals surface area (Å²) in [5.74, 6) is -1.57. The molecule has 0 heterocycles. The zero-order valence-electron chi connectivity index (χ0n) is 9.57. The molecule has 0 aliphatic rings. The lowest BCUT2D eigenvalue weighted by Crippen LogP contribution is -2.50. The fourth-order valence-corrected chi connectivity index (χ4v) is 1.14. The molecule has 0 aromatic heterocycles. The fraction of sp³-hybridized carbons (Fsp3) is 0.667. The van der Waals surface area contributed by atoms with Gasteiger partial charge in [-0.3, -0.25) is 14.4 Å². The maximum atomic E-state index is 11.6. The Morgan fingerprint density at radius 3 is 2.29 bits per heavy atom. The van der Waals surface area contributed by atoms with Crippen molar-refractivity contribution in [1.82, 2.24) is 10.6 Å². The van der Waals surface area contributed by atoms with Crippen LogP contribution in [0.1, 0.15) is 12.8 Å². The van der Waals surface area contributed by atoms with Crippen molar-refractivity contribution in [2.75, 3.05) is 19.6 Å². The van der Waals surface area contributed by atoms with Crippen LogP contribution in [0, 0.1) is 0 Å². The van der Waals surface area contributed by atoms with Gasteiger partial charge in [0.05, 0.1) is 13.1 Å². The summed E-state index contributed by atoms with van der Waals surface area (Å²) in [6.45, 7) is -0.0726. The van der Waals surface area contributed by atoms with Crippen LogP contribution in [0.15, 0.2) is 0 Å². The number of rotatable bonds is 8. The molecule has 17 heavy (non-hydrogen) atoms. The van der Waals surface area contributed by atoms with E-state index in [0.29, 0.717) is 19.4 Å². The Bertz CT molecular complexity index is 282. The van der Waals surface area contributed by atoms with E-state index in [1.807, 2.05) is 0 Å². The van der Waals surface area contributed by atoms with Crippen molar-refractivity contribution in [3.05, 3.63) is 0 Å². The van der Waals surface area contributed by atoms with Gasteiger partial charge in [0.1, 0.15) is 6.04 Å². The van der Waals surface area contributed by atoms with Gasteiger partial charge in [0.2, 0.25) is 17.7 Å². The summed E-state index contributed by atoms with van der Waals surface area (Å²) >= 11 is 0. The highest BCUT2D eigenvalue weighted by molar-refractivity contribution is 5.90. The second-order valence-corrected chi connectivity index (χ2v) is 3.44. The fourth-order valence-electron chi connectivity index (χ4n) is 1.14. The molecule has 8 nitrogen and oxygen atoms in total. The Kier molecular flexibility index (Phi) is 7.65. The van der Waals surface area contributed by atoms with Gasteiger partial charge in [-0.15, -0.1) is 0 Å². The van der Waals surface area contributed by atoms with Crippen molar-refractivity contribution in [1.29, 1.82) is 0 Å². The van der Waals surface area contributed by atoms with Gasteiger partial charge in [0.25, 0.3) is 0 Å². The van der Waals surface area contributed by atoms with Gasteiger partial charge in [0.15, 0.2) is 0 Å². The Labute approximate surface area is 99.3 Å². The lowest BCUT2D eigenvalue weighted by Gasteiger charge is -2.17. The molecule has 3 amide bonds. The molecule has 0 aromatic rings. The van der Waals surface area contributed by atoms with Crippen molar-refractivity contribution in [3.63, 3.8) is 0 Å². The standard InChI is InChI=1S/C9H19N5O3/c10-3-1-2-6(14-8(16)4-11)9(17)13-5-7(12)15/h6H,1-5,10-11H2,(H2,12,15)(H,13,17)(H,14,16)/t6-/m0/s1. The van der Waals surface area contributed by atoms with E-state index < -0.39 is 23.8 Å². The van der Waals surface area contributed by atoms with E-state index in [-0.39, 0.29) is 13.1 Å². The highest BCUT2D eigenvalue weighted by Gasteiger charge is 2.19. The molecule has 1 atom stereocenters. The van der Waals surface area contributed by atoms with Crippen molar-refractivity contribution in [3.8, 4) is 0 Å². The first-order valence-electron chi connectivity index (χ1n) is 5.26. The van der Waals surface area contributed by atoms with Crippen LogP contribution in [-0.2, 0) is 14.4 Å². The summed E-state index contributed by atoms with van der Waals surface area (Å²) in [4.78, 5) is 33.2. The maximum Gasteiger partial charge on any atom is 0.243 e. The molecule has 0 spiro atoms. The van der Waals surface area contributed by atoms with E-state index in [9.17, 15) is 14.4 Å². The van der Waals surface area contributed by atoms with E-state index >= 15 is 0 Å². The molecule has 0 aliphatic heterocycles. The van der Waals surface area contributed by atoms with Crippen LogP contribution in [0.5, 0.6) is 0 Å². The van der Waals surface area contributed by atoms with Gasteiger partial charge in [-0.25, -0.2) is 0 Å². The highest BCUT2D eigenvalue weighted by atomic mass is 16.2. The van der Waals surface area contributed by atoms with Crippen LogP contribution in [0.3, 0.4) is 0 Å². The van der Waals surface area contributed by atoms with Crippen LogP contribution in [0.4, 0.5) is 0 Å². The molecule has 0 saturated carbocycles. The molecule has 0 radical (unpaired) electrons. The molecule has 8 N–H and O–H groups in total. The molecule has 0 unspecified atom stereocenters. The molecule has 0 rings (SSSR count). The molecule has 0 aromatic carbocycles. The third kappa shape index (κ3) is 7.25. The van der Waals surface area contributed by atoms with Crippen LogP contribution in [0.25, 0.3) is 0 Å². The molecule has 0 saturated heterocycles. The van der Waals surface area contributed by atoms with Gasteiger partial charge in [-0.2, -0.15) is 0 Å².